The van der Waals surface area contributed by atoms with Crippen LogP contribution in [0.4, 0.5) is 33.3 Å². The highest BCUT2D eigenvalue weighted by atomic mass is 32.1. The lowest BCUT2D eigenvalue weighted by Gasteiger charge is -2.34. The van der Waals surface area contributed by atoms with Crippen molar-refractivity contribution in [1.82, 2.24) is 30.0 Å². The van der Waals surface area contributed by atoms with E-state index < -0.39 is 6.03 Å². The number of carbonyl (C=O) groups is 1. The van der Waals surface area contributed by atoms with Crippen molar-refractivity contribution in [2.75, 3.05) is 53.6 Å². The van der Waals surface area contributed by atoms with Crippen LogP contribution < -0.4 is 20.9 Å². The van der Waals surface area contributed by atoms with Crippen molar-refractivity contribution < 1.29 is 9.32 Å². The quantitative estimate of drug-likeness (QED) is 0.298. The van der Waals surface area contributed by atoms with Crippen molar-refractivity contribution in [3.8, 4) is 10.4 Å². The molecular formula is C25H30N10O2S. The summed E-state index contributed by atoms with van der Waals surface area (Å²) in [6.45, 7) is 10.8. The van der Waals surface area contributed by atoms with E-state index in [1.807, 2.05) is 38.1 Å². The van der Waals surface area contributed by atoms with Gasteiger partial charge >= 0.3 is 6.03 Å². The van der Waals surface area contributed by atoms with Crippen LogP contribution in [-0.2, 0) is 6.42 Å². The van der Waals surface area contributed by atoms with E-state index in [1.54, 1.807) is 12.3 Å². The van der Waals surface area contributed by atoms with Crippen LogP contribution in [-0.4, -0.2) is 68.7 Å². The van der Waals surface area contributed by atoms with Crippen LogP contribution in [0.25, 0.3) is 10.4 Å². The average Bonchev–Trinajstić information content (AvgIpc) is 3.58. The Hall–Kier alpha value is -4.10. The fraction of sp³-hybridized carbons (Fsp3) is 0.360. The van der Waals surface area contributed by atoms with Crippen LogP contribution in [0.5, 0.6) is 0 Å². The monoisotopic (exact) mass is 534 g/mol. The van der Waals surface area contributed by atoms with Crippen LogP contribution in [0.15, 0.2) is 41.1 Å². The summed E-state index contributed by atoms with van der Waals surface area (Å²) in [7, 11) is 0. The lowest BCUT2D eigenvalue weighted by atomic mass is 10.2. The van der Waals surface area contributed by atoms with E-state index in [1.165, 1.54) is 11.3 Å². The Kier molecular flexibility index (Phi) is 7.75. The Morgan fingerprint density at radius 3 is 2.55 bits per heavy atom. The molecule has 4 heterocycles. The van der Waals surface area contributed by atoms with Gasteiger partial charge in [0.15, 0.2) is 10.9 Å². The molecule has 0 atom stereocenters. The zero-order valence-corrected chi connectivity index (χ0v) is 22.4. The minimum absolute atomic E-state index is 0.375. The molecule has 0 aliphatic carbocycles. The highest BCUT2D eigenvalue weighted by Crippen LogP contribution is 2.31. The molecule has 38 heavy (non-hydrogen) atoms. The predicted molar refractivity (Wildman–Crippen MR) is 148 cm³/mol. The third-order valence-corrected chi connectivity index (χ3v) is 7.10. The summed E-state index contributed by atoms with van der Waals surface area (Å²) in [6, 6.07) is 8.84. The Labute approximate surface area is 224 Å². The van der Waals surface area contributed by atoms with Crippen LogP contribution in [0.3, 0.4) is 0 Å². The number of benzene rings is 1. The van der Waals surface area contributed by atoms with E-state index in [9.17, 15) is 4.79 Å². The molecule has 1 saturated heterocycles. The molecule has 0 spiro atoms. The number of likely N-dealkylation sites (N-methyl/N-ethyl adjacent to an activating group) is 1. The normalized spacial score (nSPS) is 13.9. The Bertz CT molecular complexity index is 1380. The molecular weight excluding hydrogens is 504 g/mol. The highest BCUT2D eigenvalue weighted by Gasteiger charge is 2.19. The summed E-state index contributed by atoms with van der Waals surface area (Å²) < 4.78 is 5.10. The van der Waals surface area contributed by atoms with Gasteiger partial charge in [-0.05, 0) is 31.2 Å². The number of carbonyl (C=O) groups excluding carboxylic acids is 1. The third-order valence-electron chi connectivity index (χ3n) is 6.14. The van der Waals surface area contributed by atoms with Crippen LogP contribution in [0, 0.1) is 6.92 Å². The number of nitrogens with one attached hydrogen (secondary N) is 3. The first-order valence-corrected chi connectivity index (χ1v) is 13.4. The van der Waals surface area contributed by atoms with Crippen molar-refractivity contribution in [2.24, 2.45) is 0 Å². The number of aryl methyl sites for hydroxylation is 2. The second-order valence-corrected chi connectivity index (χ2v) is 9.80. The maximum atomic E-state index is 12.2. The SMILES string of the molecule is CCc1cc(NC(=O)Nc2ccc(-c3cnc(Nc4nc(C)nc(N5CCN(CC)CC5)n4)s3)cc2)no1. The standard InChI is InChI=1S/C25H30N10O2S/c1-4-19-14-21(33-37-19)30-24(36)29-18-8-6-17(7-9-18)20-15-26-25(38-20)32-22-27-16(3)28-23(31-22)35-12-10-34(5-2)11-13-35/h6-9,14-15H,4-5,10-13H2,1-3H3,(H2,29,30,33,36)(H,26,27,28,31,32). The van der Waals surface area contributed by atoms with Crippen LogP contribution in [0.1, 0.15) is 25.4 Å². The van der Waals surface area contributed by atoms with Crippen molar-refractivity contribution in [2.45, 2.75) is 27.2 Å². The molecule has 4 aromatic rings. The summed E-state index contributed by atoms with van der Waals surface area (Å²) in [5.41, 5.74) is 1.63. The summed E-state index contributed by atoms with van der Waals surface area (Å²) in [5, 5.41) is 13.2. The second kappa shape index (κ2) is 11.5. The van der Waals surface area contributed by atoms with Crippen LogP contribution >= 0.6 is 11.3 Å². The number of rotatable bonds is 8. The molecule has 2 amide bonds. The van der Waals surface area contributed by atoms with Gasteiger partial charge in [-0.25, -0.2) is 9.78 Å². The molecule has 0 unspecified atom stereocenters. The lowest BCUT2D eigenvalue weighted by molar-refractivity contribution is 0.262. The summed E-state index contributed by atoms with van der Waals surface area (Å²) in [4.78, 5) is 36.0. The van der Waals surface area contributed by atoms with Gasteiger partial charge in [0.1, 0.15) is 11.6 Å². The molecule has 13 heteroatoms. The number of thiazole rings is 1. The summed E-state index contributed by atoms with van der Waals surface area (Å²) >= 11 is 1.50. The molecule has 3 N–H and O–H groups in total. The molecule has 0 radical (unpaired) electrons. The zero-order valence-electron chi connectivity index (χ0n) is 21.6. The van der Waals surface area contributed by atoms with Crippen molar-refractivity contribution in [1.29, 1.82) is 0 Å². The first-order valence-electron chi connectivity index (χ1n) is 12.6. The minimum atomic E-state index is -0.391. The maximum Gasteiger partial charge on any atom is 0.324 e. The first kappa shape index (κ1) is 25.5. The number of anilines is 5. The van der Waals surface area contributed by atoms with E-state index in [0.29, 0.717) is 46.5 Å². The molecule has 12 nitrogen and oxygen atoms in total. The zero-order chi connectivity index (χ0) is 26.5. The molecule has 1 aromatic carbocycles. The lowest BCUT2D eigenvalue weighted by Crippen LogP contribution is -2.46. The number of aromatic nitrogens is 5. The predicted octanol–water partition coefficient (Wildman–Crippen LogP) is 4.38. The van der Waals surface area contributed by atoms with Gasteiger partial charge in [0.25, 0.3) is 0 Å². The van der Waals surface area contributed by atoms with Crippen LogP contribution in [0.2, 0.25) is 0 Å². The van der Waals surface area contributed by atoms with Crippen molar-refractivity contribution >= 4 is 45.9 Å². The van der Waals surface area contributed by atoms with E-state index in [-0.39, 0.29) is 0 Å². The second-order valence-electron chi connectivity index (χ2n) is 8.77. The van der Waals surface area contributed by atoms with E-state index in [2.05, 4.69) is 57.8 Å². The number of hydrogen-bond donors (Lipinski definition) is 3. The highest BCUT2D eigenvalue weighted by molar-refractivity contribution is 7.18. The van der Waals surface area contributed by atoms with E-state index >= 15 is 0 Å². The number of nitrogens with zero attached hydrogens (tertiary/aromatic N) is 7. The van der Waals surface area contributed by atoms with Gasteiger partial charge in [-0.2, -0.15) is 15.0 Å². The maximum absolute atomic E-state index is 12.2. The Balaban J connectivity index is 1.20. The molecule has 0 bridgehead atoms. The fourth-order valence-electron chi connectivity index (χ4n) is 4.03. The third kappa shape index (κ3) is 6.23. The van der Waals surface area contributed by atoms with Crippen molar-refractivity contribution in [3.63, 3.8) is 0 Å². The molecule has 0 saturated carbocycles. The van der Waals surface area contributed by atoms with Gasteiger partial charge in [-0.1, -0.05) is 42.5 Å². The van der Waals surface area contributed by atoms with Crippen molar-refractivity contribution in [3.05, 3.63) is 48.1 Å². The number of urea groups is 1. The van der Waals surface area contributed by atoms with Gasteiger partial charge in [0, 0.05) is 50.6 Å². The van der Waals surface area contributed by atoms with E-state index in [0.717, 1.165) is 43.2 Å². The molecule has 5 rings (SSSR count). The fourth-order valence-corrected chi connectivity index (χ4v) is 4.84. The van der Waals surface area contributed by atoms with Gasteiger partial charge in [0.2, 0.25) is 11.9 Å². The summed E-state index contributed by atoms with van der Waals surface area (Å²) in [5.74, 6) is 2.91. The molecule has 3 aromatic heterocycles. The smallest absolute Gasteiger partial charge is 0.324 e. The average molecular weight is 535 g/mol. The number of piperazine rings is 1. The van der Waals surface area contributed by atoms with Gasteiger partial charge in [-0.3, -0.25) is 10.6 Å². The topological polar surface area (TPSA) is 137 Å². The minimum Gasteiger partial charge on any atom is -0.359 e. The summed E-state index contributed by atoms with van der Waals surface area (Å²) in [6.07, 6.45) is 2.51. The molecule has 198 valence electrons. The molecule has 1 aliphatic rings. The van der Waals surface area contributed by atoms with Gasteiger partial charge in [-0.15, -0.1) is 0 Å². The number of hydrogen-bond acceptors (Lipinski definition) is 11. The first-order chi connectivity index (χ1) is 18.5. The largest absolute Gasteiger partial charge is 0.359 e. The van der Waals surface area contributed by atoms with Gasteiger partial charge < -0.3 is 19.6 Å². The van der Waals surface area contributed by atoms with Gasteiger partial charge in [0.05, 0.1) is 4.88 Å². The van der Waals surface area contributed by atoms with E-state index in [4.69, 9.17) is 4.52 Å². The Morgan fingerprint density at radius 1 is 1.05 bits per heavy atom. The molecule has 1 fully saturated rings. The Morgan fingerprint density at radius 2 is 1.84 bits per heavy atom. The molecule has 1 aliphatic heterocycles. The number of amides is 2.